The molecule has 1 N–H and O–H groups in total. The second-order valence-corrected chi connectivity index (χ2v) is 9.81. The fourth-order valence-corrected chi connectivity index (χ4v) is 5.21. The van der Waals surface area contributed by atoms with Crippen LogP contribution in [0, 0.1) is 0 Å². The minimum atomic E-state index is -1.97. The summed E-state index contributed by atoms with van der Waals surface area (Å²) < 4.78 is 33.5. The van der Waals surface area contributed by atoms with Crippen LogP contribution in [-0.4, -0.2) is 69.3 Å². The maximum Gasteiger partial charge on any atom is 0.342 e. The van der Waals surface area contributed by atoms with Gasteiger partial charge >= 0.3 is 5.97 Å². The van der Waals surface area contributed by atoms with Crippen molar-refractivity contribution in [1.82, 2.24) is 4.90 Å². The Hall–Kier alpha value is -4.05. The summed E-state index contributed by atoms with van der Waals surface area (Å²) in [6.07, 6.45) is 0.249. The molecule has 208 valence electrons. The van der Waals surface area contributed by atoms with Crippen LogP contribution in [0.2, 0.25) is 0 Å². The lowest BCUT2D eigenvalue weighted by Crippen LogP contribution is -2.38. The average Bonchev–Trinajstić information content (AvgIpc) is 3.55. The molecule has 9 heteroatoms. The van der Waals surface area contributed by atoms with Gasteiger partial charge in [0.25, 0.3) is 5.79 Å². The Bertz CT molecular complexity index is 1410. The van der Waals surface area contributed by atoms with Crippen molar-refractivity contribution in [2.24, 2.45) is 0 Å². The van der Waals surface area contributed by atoms with Gasteiger partial charge in [-0.15, -0.1) is 0 Å². The van der Waals surface area contributed by atoms with Crippen LogP contribution in [0.25, 0.3) is 5.57 Å². The molecular formula is C31H31NO8. The molecular weight excluding hydrogens is 514 g/mol. The molecule has 3 aliphatic rings. The SMILES string of the molecule is COc1ccc(C2(O)OC(=O)C(c3ccc4c(c3)OCO4)=C2Cc2cccc(OCCN3CCOCC3)c2)cc1. The fourth-order valence-electron chi connectivity index (χ4n) is 5.21. The zero-order chi connectivity index (χ0) is 27.5. The number of aliphatic hydroxyl groups is 1. The Morgan fingerprint density at radius 1 is 0.950 bits per heavy atom. The molecule has 1 atom stereocenters. The van der Waals surface area contributed by atoms with Gasteiger partial charge in [0.2, 0.25) is 6.79 Å². The van der Waals surface area contributed by atoms with Gasteiger partial charge in [0.1, 0.15) is 18.1 Å². The van der Waals surface area contributed by atoms with Gasteiger partial charge in [-0.1, -0.05) is 18.2 Å². The molecule has 0 spiro atoms. The number of fused-ring (bicyclic) bond motifs is 1. The standard InChI is InChI=1S/C31H31NO8/c1-35-24-8-6-23(7-9-24)31(34)26(29(30(33)40-31)22-5-10-27-28(19-22)39-20-38-27)18-21-3-2-4-25(17-21)37-16-13-32-11-14-36-15-12-32/h2-10,17,19,34H,11-16,18,20H2,1H3. The predicted molar refractivity (Wildman–Crippen MR) is 145 cm³/mol. The van der Waals surface area contributed by atoms with Crippen LogP contribution in [-0.2, 0) is 26.5 Å². The van der Waals surface area contributed by atoms with Crippen LogP contribution in [0.15, 0.2) is 72.3 Å². The van der Waals surface area contributed by atoms with Crippen LogP contribution < -0.4 is 18.9 Å². The van der Waals surface area contributed by atoms with E-state index in [1.54, 1.807) is 49.6 Å². The zero-order valence-corrected chi connectivity index (χ0v) is 22.3. The number of hydrogen-bond acceptors (Lipinski definition) is 9. The van der Waals surface area contributed by atoms with Crippen molar-refractivity contribution in [2.75, 3.05) is 53.4 Å². The number of carbonyl (C=O) groups is 1. The molecule has 3 aromatic carbocycles. The minimum absolute atomic E-state index is 0.114. The van der Waals surface area contributed by atoms with Crippen molar-refractivity contribution < 1.29 is 38.3 Å². The Morgan fingerprint density at radius 2 is 1.75 bits per heavy atom. The van der Waals surface area contributed by atoms with E-state index in [0.717, 1.165) is 38.4 Å². The summed E-state index contributed by atoms with van der Waals surface area (Å²) in [4.78, 5) is 15.7. The first kappa shape index (κ1) is 26.2. The third kappa shape index (κ3) is 5.23. The highest BCUT2D eigenvalue weighted by atomic mass is 16.7. The summed E-state index contributed by atoms with van der Waals surface area (Å²) in [7, 11) is 1.57. The topological polar surface area (TPSA) is 95.9 Å². The van der Waals surface area contributed by atoms with E-state index in [-0.39, 0.29) is 18.8 Å². The van der Waals surface area contributed by atoms with E-state index in [1.807, 2.05) is 24.3 Å². The third-order valence-corrected chi connectivity index (χ3v) is 7.36. The molecule has 0 bridgehead atoms. The van der Waals surface area contributed by atoms with Gasteiger partial charge in [-0.25, -0.2) is 4.79 Å². The number of hydrogen-bond donors (Lipinski definition) is 1. The molecule has 0 aromatic heterocycles. The van der Waals surface area contributed by atoms with Crippen LogP contribution in [0.4, 0.5) is 0 Å². The van der Waals surface area contributed by atoms with Gasteiger partial charge in [-0.2, -0.15) is 0 Å². The first-order valence-corrected chi connectivity index (χ1v) is 13.3. The van der Waals surface area contributed by atoms with Crippen molar-refractivity contribution in [1.29, 1.82) is 0 Å². The normalized spacial score (nSPS) is 20.5. The molecule has 0 radical (unpaired) electrons. The lowest BCUT2D eigenvalue weighted by molar-refractivity contribution is -0.185. The number of ether oxygens (including phenoxy) is 6. The van der Waals surface area contributed by atoms with Crippen molar-refractivity contribution in [3.8, 4) is 23.0 Å². The molecule has 1 unspecified atom stereocenters. The molecule has 0 amide bonds. The number of cyclic esters (lactones) is 1. The smallest absolute Gasteiger partial charge is 0.342 e. The van der Waals surface area contributed by atoms with E-state index < -0.39 is 11.8 Å². The summed E-state index contributed by atoms with van der Waals surface area (Å²) in [5, 5.41) is 12.0. The van der Waals surface area contributed by atoms with E-state index in [1.165, 1.54) is 0 Å². The van der Waals surface area contributed by atoms with E-state index in [0.29, 0.717) is 46.3 Å². The Balaban J connectivity index is 1.32. The summed E-state index contributed by atoms with van der Waals surface area (Å²) >= 11 is 0. The minimum Gasteiger partial charge on any atom is -0.497 e. The fraction of sp³-hybridized carbons (Fsp3) is 0.323. The highest BCUT2D eigenvalue weighted by Crippen LogP contribution is 2.46. The lowest BCUT2D eigenvalue weighted by atomic mass is 9.88. The molecule has 6 rings (SSSR count). The van der Waals surface area contributed by atoms with Gasteiger partial charge in [-0.3, -0.25) is 4.90 Å². The van der Waals surface area contributed by atoms with Gasteiger partial charge in [0, 0.05) is 37.2 Å². The molecule has 1 fully saturated rings. The lowest BCUT2D eigenvalue weighted by Gasteiger charge is -2.26. The monoisotopic (exact) mass is 545 g/mol. The van der Waals surface area contributed by atoms with E-state index in [2.05, 4.69) is 4.90 Å². The summed E-state index contributed by atoms with van der Waals surface area (Å²) in [6.45, 7) is 4.76. The molecule has 3 aromatic rings. The Kier molecular flexibility index (Phi) is 7.34. The molecule has 3 heterocycles. The molecule has 9 nitrogen and oxygen atoms in total. The molecule has 40 heavy (non-hydrogen) atoms. The number of esters is 1. The maximum atomic E-state index is 13.4. The number of benzene rings is 3. The summed E-state index contributed by atoms with van der Waals surface area (Å²) in [5.74, 6) is -0.112. The predicted octanol–water partition coefficient (Wildman–Crippen LogP) is 3.53. The molecule has 1 saturated heterocycles. The third-order valence-electron chi connectivity index (χ3n) is 7.36. The number of carbonyl (C=O) groups excluding carboxylic acids is 1. The zero-order valence-electron chi connectivity index (χ0n) is 22.3. The van der Waals surface area contributed by atoms with Gasteiger partial charge in [0.15, 0.2) is 11.5 Å². The molecule has 0 saturated carbocycles. The molecule has 0 aliphatic carbocycles. The summed E-state index contributed by atoms with van der Waals surface area (Å²) in [6, 6.07) is 19.8. The number of rotatable bonds is 9. The van der Waals surface area contributed by atoms with Crippen LogP contribution >= 0.6 is 0 Å². The van der Waals surface area contributed by atoms with Crippen molar-refractivity contribution in [3.05, 3.63) is 89.0 Å². The number of nitrogens with zero attached hydrogens (tertiary/aromatic N) is 1. The van der Waals surface area contributed by atoms with Crippen molar-refractivity contribution >= 4 is 11.5 Å². The second kappa shape index (κ2) is 11.2. The first-order valence-electron chi connectivity index (χ1n) is 13.3. The largest absolute Gasteiger partial charge is 0.497 e. The van der Waals surface area contributed by atoms with Crippen LogP contribution in [0.5, 0.6) is 23.0 Å². The second-order valence-electron chi connectivity index (χ2n) is 9.81. The summed E-state index contributed by atoms with van der Waals surface area (Å²) in [5.41, 5.74) is 2.57. The van der Waals surface area contributed by atoms with Crippen molar-refractivity contribution in [3.63, 3.8) is 0 Å². The first-order chi connectivity index (χ1) is 19.5. The highest BCUT2D eigenvalue weighted by molar-refractivity contribution is 6.20. The van der Waals surface area contributed by atoms with E-state index >= 15 is 0 Å². The number of methoxy groups -OCH3 is 1. The van der Waals surface area contributed by atoms with E-state index in [9.17, 15) is 9.90 Å². The number of morpholine rings is 1. The Labute approximate surface area is 232 Å². The average molecular weight is 546 g/mol. The maximum absolute atomic E-state index is 13.4. The quantitative estimate of drug-likeness (QED) is 0.405. The van der Waals surface area contributed by atoms with Gasteiger partial charge < -0.3 is 33.5 Å². The van der Waals surface area contributed by atoms with Gasteiger partial charge in [0.05, 0.1) is 25.9 Å². The van der Waals surface area contributed by atoms with E-state index in [4.69, 9.17) is 28.4 Å². The molecule has 3 aliphatic heterocycles. The van der Waals surface area contributed by atoms with Crippen LogP contribution in [0.1, 0.15) is 16.7 Å². The van der Waals surface area contributed by atoms with Crippen LogP contribution in [0.3, 0.4) is 0 Å². The van der Waals surface area contributed by atoms with Gasteiger partial charge in [-0.05, 0) is 59.7 Å². The highest BCUT2D eigenvalue weighted by Gasteiger charge is 2.48. The Morgan fingerprint density at radius 3 is 2.55 bits per heavy atom. The van der Waals surface area contributed by atoms with Crippen molar-refractivity contribution in [2.45, 2.75) is 12.2 Å².